The highest BCUT2D eigenvalue weighted by Crippen LogP contribution is 2.47. The van der Waals surface area contributed by atoms with Crippen molar-refractivity contribution >= 4 is 23.2 Å². The van der Waals surface area contributed by atoms with Gasteiger partial charge in [0.15, 0.2) is 0 Å². The number of methoxy groups -OCH3 is 1. The minimum absolute atomic E-state index is 0.0445. The first-order valence-corrected chi connectivity index (χ1v) is 12.8. The van der Waals surface area contributed by atoms with Crippen molar-refractivity contribution in [2.24, 2.45) is 17.6 Å². The van der Waals surface area contributed by atoms with E-state index in [1.54, 1.807) is 7.11 Å². The number of rotatable bonds is 7. The maximum Gasteiger partial charge on any atom is 0.236 e. The number of nitrogens with one attached hydrogen (secondary N) is 1. The molecule has 2 aromatic carbocycles. The van der Waals surface area contributed by atoms with E-state index in [9.17, 15) is 9.59 Å². The van der Waals surface area contributed by atoms with E-state index in [0.29, 0.717) is 12.5 Å². The van der Waals surface area contributed by atoms with E-state index < -0.39 is 0 Å². The van der Waals surface area contributed by atoms with Crippen LogP contribution in [-0.4, -0.2) is 55.6 Å². The number of nitrogens with two attached hydrogens (primary N) is 1. The van der Waals surface area contributed by atoms with Crippen LogP contribution in [-0.2, 0) is 14.3 Å². The van der Waals surface area contributed by atoms with E-state index in [0.717, 1.165) is 50.0 Å². The van der Waals surface area contributed by atoms with Gasteiger partial charge in [-0.1, -0.05) is 49.2 Å². The zero-order chi connectivity index (χ0) is 24.4. The summed E-state index contributed by atoms with van der Waals surface area (Å²) in [6, 6.07) is 18.4. The summed E-state index contributed by atoms with van der Waals surface area (Å²) in [6.07, 6.45) is 4.74. The van der Waals surface area contributed by atoms with E-state index in [1.165, 1.54) is 5.56 Å². The third kappa shape index (κ3) is 4.61. The van der Waals surface area contributed by atoms with Crippen molar-refractivity contribution < 1.29 is 14.3 Å². The Morgan fingerprint density at radius 1 is 1.06 bits per heavy atom. The zero-order valence-corrected chi connectivity index (χ0v) is 20.4. The van der Waals surface area contributed by atoms with Gasteiger partial charge in [0.2, 0.25) is 11.8 Å². The molecule has 3 aliphatic rings. The van der Waals surface area contributed by atoms with Gasteiger partial charge < -0.3 is 25.6 Å². The van der Waals surface area contributed by atoms with Gasteiger partial charge in [-0.15, -0.1) is 0 Å². The van der Waals surface area contributed by atoms with Crippen molar-refractivity contribution in [1.82, 2.24) is 4.90 Å². The van der Waals surface area contributed by atoms with Crippen molar-refractivity contribution in [3.8, 4) is 0 Å². The minimum Gasteiger partial charge on any atom is -0.383 e. The Kier molecular flexibility index (Phi) is 6.95. The fourth-order valence-electron chi connectivity index (χ4n) is 6.59. The molecule has 0 radical (unpaired) electrons. The molecule has 0 unspecified atom stereocenters. The number of nitrogens with zero attached hydrogens (tertiary/aromatic N) is 2. The third-order valence-corrected chi connectivity index (χ3v) is 8.07. The lowest BCUT2D eigenvalue weighted by atomic mass is 9.80. The van der Waals surface area contributed by atoms with Crippen molar-refractivity contribution in [2.45, 2.75) is 50.2 Å². The Balaban J connectivity index is 1.46. The fourth-order valence-corrected chi connectivity index (χ4v) is 6.59. The van der Waals surface area contributed by atoms with Crippen LogP contribution >= 0.6 is 0 Å². The quantitative estimate of drug-likeness (QED) is 0.638. The predicted octanol–water partition coefficient (Wildman–Crippen LogP) is 3.57. The molecule has 186 valence electrons. The Labute approximate surface area is 207 Å². The summed E-state index contributed by atoms with van der Waals surface area (Å²) in [5.41, 5.74) is 8.90. The maximum absolute atomic E-state index is 14.3. The molecule has 0 bridgehead atoms. The number of carbonyl (C=O) groups is 2. The first kappa shape index (κ1) is 23.7. The SMILES string of the molecule is COC[C@@H]1Nc2ccccc2[C@H]2[C@@H]1CCN2C(=O)[C@H]1CCCC[C@H]1N(CC(N)=O)c1ccccc1. The largest absolute Gasteiger partial charge is 0.383 e. The number of fused-ring (bicyclic) bond motifs is 3. The Morgan fingerprint density at radius 3 is 2.57 bits per heavy atom. The van der Waals surface area contributed by atoms with Crippen molar-refractivity contribution in [3.05, 3.63) is 60.2 Å². The summed E-state index contributed by atoms with van der Waals surface area (Å²) in [6.45, 7) is 1.48. The molecular weight excluding hydrogens is 440 g/mol. The molecule has 2 amide bonds. The van der Waals surface area contributed by atoms with Gasteiger partial charge in [-0.2, -0.15) is 0 Å². The fraction of sp³-hybridized carbons (Fsp3) is 0.500. The molecule has 2 heterocycles. The summed E-state index contributed by atoms with van der Waals surface area (Å²) < 4.78 is 5.53. The average molecular weight is 477 g/mol. The smallest absolute Gasteiger partial charge is 0.236 e. The van der Waals surface area contributed by atoms with Gasteiger partial charge in [0.1, 0.15) is 0 Å². The van der Waals surface area contributed by atoms with Gasteiger partial charge in [-0.25, -0.2) is 0 Å². The van der Waals surface area contributed by atoms with Crippen LogP contribution in [0.4, 0.5) is 11.4 Å². The van der Waals surface area contributed by atoms with Crippen LogP contribution in [0, 0.1) is 11.8 Å². The number of anilines is 2. The summed E-state index contributed by atoms with van der Waals surface area (Å²) >= 11 is 0. The van der Waals surface area contributed by atoms with Gasteiger partial charge >= 0.3 is 0 Å². The summed E-state index contributed by atoms with van der Waals surface area (Å²) in [5, 5.41) is 3.66. The lowest BCUT2D eigenvalue weighted by Gasteiger charge is -2.44. The molecular formula is C28H36N4O3. The van der Waals surface area contributed by atoms with Crippen molar-refractivity contribution in [3.63, 3.8) is 0 Å². The molecule has 0 aromatic heterocycles. The highest BCUT2D eigenvalue weighted by molar-refractivity contribution is 5.84. The first-order valence-electron chi connectivity index (χ1n) is 12.8. The standard InChI is InChI=1S/C28H36N4O3/c1-35-18-24-21-15-16-31(27(21)20-11-5-7-13-23(20)30-24)28(34)22-12-6-8-14-25(22)32(17-26(29)33)19-9-3-2-4-10-19/h2-5,7,9-11,13,21-22,24-25,27,30H,6,8,12,14-18H2,1H3,(H2,29,33)/t21-,22+,24+,25-,27+/m1/s1. The van der Waals surface area contributed by atoms with Gasteiger partial charge in [-0.05, 0) is 43.0 Å². The molecule has 35 heavy (non-hydrogen) atoms. The molecule has 2 aliphatic heterocycles. The second kappa shape index (κ2) is 10.3. The predicted molar refractivity (Wildman–Crippen MR) is 137 cm³/mol. The second-order valence-corrected chi connectivity index (χ2v) is 10.1. The Hall–Kier alpha value is -3.06. The molecule has 7 heteroatoms. The van der Waals surface area contributed by atoms with E-state index in [-0.39, 0.29) is 42.4 Å². The van der Waals surface area contributed by atoms with E-state index in [2.05, 4.69) is 33.3 Å². The lowest BCUT2D eigenvalue weighted by molar-refractivity contribution is -0.139. The zero-order valence-electron chi connectivity index (χ0n) is 20.4. The summed E-state index contributed by atoms with van der Waals surface area (Å²) in [4.78, 5) is 30.5. The molecule has 7 nitrogen and oxygen atoms in total. The first-order chi connectivity index (χ1) is 17.1. The number of amides is 2. The Morgan fingerprint density at radius 2 is 1.80 bits per heavy atom. The number of hydrogen-bond acceptors (Lipinski definition) is 5. The van der Waals surface area contributed by atoms with Gasteiger partial charge in [0.05, 0.1) is 31.2 Å². The van der Waals surface area contributed by atoms with E-state index in [4.69, 9.17) is 10.5 Å². The molecule has 1 aliphatic carbocycles. The van der Waals surface area contributed by atoms with E-state index >= 15 is 0 Å². The van der Waals surface area contributed by atoms with Crippen LogP contribution in [0.5, 0.6) is 0 Å². The van der Waals surface area contributed by atoms with Crippen LogP contribution in [0.1, 0.15) is 43.7 Å². The number of primary amides is 1. The van der Waals surface area contributed by atoms with Crippen LogP contribution in [0.25, 0.3) is 0 Å². The number of ether oxygens (including phenoxy) is 1. The summed E-state index contributed by atoms with van der Waals surface area (Å²) in [7, 11) is 1.73. The molecule has 0 spiro atoms. The van der Waals surface area contributed by atoms with Crippen LogP contribution in [0.3, 0.4) is 0 Å². The topological polar surface area (TPSA) is 87.9 Å². The Bertz CT molecular complexity index is 1050. The molecule has 3 N–H and O–H groups in total. The number of hydrogen-bond donors (Lipinski definition) is 2. The van der Waals surface area contributed by atoms with Crippen LogP contribution in [0.2, 0.25) is 0 Å². The maximum atomic E-state index is 14.3. The van der Waals surface area contributed by atoms with Crippen LogP contribution < -0.4 is 16.0 Å². The normalized spacial score (nSPS) is 27.5. The molecule has 5 atom stereocenters. The average Bonchev–Trinajstić information content (AvgIpc) is 3.33. The minimum atomic E-state index is -0.374. The summed E-state index contributed by atoms with van der Waals surface area (Å²) in [5.74, 6) is -0.0151. The highest BCUT2D eigenvalue weighted by atomic mass is 16.5. The van der Waals surface area contributed by atoms with E-state index in [1.807, 2.05) is 36.4 Å². The molecule has 5 rings (SSSR count). The molecule has 2 fully saturated rings. The molecule has 2 aromatic rings. The van der Waals surface area contributed by atoms with Gasteiger partial charge in [0.25, 0.3) is 0 Å². The van der Waals surface area contributed by atoms with Crippen molar-refractivity contribution in [1.29, 1.82) is 0 Å². The third-order valence-electron chi connectivity index (χ3n) is 8.07. The monoisotopic (exact) mass is 476 g/mol. The number of benzene rings is 2. The van der Waals surface area contributed by atoms with Crippen molar-refractivity contribution in [2.75, 3.05) is 37.0 Å². The highest BCUT2D eigenvalue weighted by Gasteiger charge is 2.48. The van der Waals surface area contributed by atoms with Gasteiger partial charge in [-0.3, -0.25) is 9.59 Å². The van der Waals surface area contributed by atoms with Gasteiger partial charge in [0, 0.05) is 37.0 Å². The molecule has 1 saturated carbocycles. The lowest BCUT2D eigenvalue weighted by Crippen LogP contribution is -2.52. The number of para-hydroxylation sites is 2. The second-order valence-electron chi connectivity index (χ2n) is 10.1. The molecule has 1 saturated heterocycles. The van der Waals surface area contributed by atoms with Crippen LogP contribution in [0.15, 0.2) is 54.6 Å². The number of carbonyl (C=O) groups excluding carboxylic acids is 2. The number of likely N-dealkylation sites (tertiary alicyclic amines) is 1.